The molecule has 0 saturated heterocycles. The molecule has 19 heavy (non-hydrogen) atoms. The van der Waals surface area contributed by atoms with Crippen LogP contribution in [0.5, 0.6) is 0 Å². The second-order valence-electron chi connectivity index (χ2n) is 3.82. The van der Waals surface area contributed by atoms with Gasteiger partial charge in [0.2, 0.25) is 0 Å². The number of hydrogen-bond acceptors (Lipinski definition) is 3. The summed E-state index contributed by atoms with van der Waals surface area (Å²) in [7, 11) is -1.44. The van der Waals surface area contributed by atoms with Crippen LogP contribution >= 0.6 is 11.3 Å². The maximum absolute atomic E-state index is 12.5. The molecule has 1 aromatic carbocycles. The summed E-state index contributed by atoms with van der Waals surface area (Å²) in [6, 6.07) is 6.55. The zero-order valence-corrected chi connectivity index (χ0v) is 11.2. The van der Waals surface area contributed by atoms with E-state index in [0.717, 1.165) is 17.0 Å². The second-order valence-corrected chi connectivity index (χ2v) is 6.27. The summed E-state index contributed by atoms with van der Waals surface area (Å²) < 4.78 is 49.5. The Morgan fingerprint density at radius 3 is 2.53 bits per heavy atom. The van der Waals surface area contributed by atoms with Crippen LogP contribution in [-0.2, 0) is 22.7 Å². The molecule has 0 fully saturated rings. The topological polar surface area (TPSA) is 43.1 Å². The van der Waals surface area contributed by atoms with Gasteiger partial charge in [0.05, 0.1) is 27.0 Å². The van der Waals surface area contributed by atoms with Crippen molar-refractivity contribution in [1.29, 1.82) is 0 Å². The zero-order valence-electron chi connectivity index (χ0n) is 9.61. The number of thiophene rings is 1. The highest BCUT2D eigenvalue weighted by atomic mass is 32.2. The van der Waals surface area contributed by atoms with E-state index in [1.54, 1.807) is 0 Å². The van der Waals surface area contributed by atoms with Gasteiger partial charge in [-0.3, -0.25) is 4.21 Å². The number of benzene rings is 1. The summed E-state index contributed by atoms with van der Waals surface area (Å²) in [4.78, 5) is 1.14. The van der Waals surface area contributed by atoms with Crippen LogP contribution in [0, 0.1) is 0 Å². The molecule has 0 bridgehead atoms. The van der Waals surface area contributed by atoms with Crippen molar-refractivity contribution < 1.29 is 17.4 Å². The molecule has 0 aliphatic rings. The number of hydrogen-bond donors (Lipinski definition) is 1. The number of anilines is 1. The third-order valence-corrected chi connectivity index (χ3v) is 4.93. The van der Waals surface area contributed by atoms with Crippen LogP contribution in [0.2, 0.25) is 0 Å². The minimum Gasteiger partial charge on any atom is -0.398 e. The SMILES string of the molecule is Nc1cc(C(F)(F)F)ccc1S(=O)Cc1cccs1. The first-order valence-corrected chi connectivity index (χ1v) is 7.45. The van der Waals surface area contributed by atoms with Crippen LogP contribution in [0.25, 0.3) is 0 Å². The van der Waals surface area contributed by atoms with E-state index in [0.29, 0.717) is 0 Å². The Hall–Kier alpha value is -1.34. The predicted octanol–water partition coefficient (Wildman–Crippen LogP) is 3.66. The van der Waals surface area contributed by atoms with Gasteiger partial charge in [-0.25, -0.2) is 0 Å². The van der Waals surface area contributed by atoms with Crippen molar-refractivity contribution >= 4 is 27.8 Å². The molecule has 1 heterocycles. The van der Waals surface area contributed by atoms with Crippen molar-refractivity contribution in [1.82, 2.24) is 0 Å². The molecule has 1 atom stereocenters. The lowest BCUT2D eigenvalue weighted by Crippen LogP contribution is -2.07. The first kappa shape index (κ1) is 14.1. The number of rotatable bonds is 3. The highest BCUT2D eigenvalue weighted by Crippen LogP contribution is 2.32. The summed E-state index contributed by atoms with van der Waals surface area (Å²) in [5, 5.41) is 1.85. The molecule has 0 aliphatic carbocycles. The van der Waals surface area contributed by atoms with Gasteiger partial charge in [-0.05, 0) is 29.6 Å². The van der Waals surface area contributed by atoms with E-state index in [1.807, 2.05) is 17.5 Å². The fourth-order valence-corrected chi connectivity index (χ4v) is 3.67. The minimum atomic E-state index is -4.44. The van der Waals surface area contributed by atoms with E-state index in [4.69, 9.17) is 5.73 Å². The quantitative estimate of drug-likeness (QED) is 0.880. The number of nitrogen functional groups attached to an aromatic ring is 1. The minimum absolute atomic E-state index is 0.0929. The average Bonchev–Trinajstić information content (AvgIpc) is 2.80. The third kappa shape index (κ3) is 3.36. The van der Waals surface area contributed by atoms with Crippen LogP contribution in [0.1, 0.15) is 10.4 Å². The molecule has 2 aromatic rings. The summed E-state index contributed by atoms with van der Waals surface area (Å²) in [5.74, 6) is 0.257. The van der Waals surface area contributed by atoms with Gasteiger partial charge in [0.15, 0.2) is 0 Å². The van der Waals surface area contributed by atoms with Crippen LogP contribution in [0.3, 0.4) is 0 Å². The molecule has 0 amide bonds. The number of alkyl halides is 3. The van der Waals surface area contributed by atoms with E-state index in [-0.39, 0.29) is 16.3 Å². The van der Waals surface area contributed by atoms with Crippen LogP contribution < -0.4 is 5.73 Å². The van der Waals surface area contributed by atoms with E-state index < -0.39 is 22.5 Å². The Morgan fingerprint density at radius 2 is 2.00 bits per heavy atom. The lowest BCUT2D eigenvalue weighted by Gasteiger charge is -2.10. The van der Waals surface area contributed by atoms with Crippen molar-refractivity contribution in [3.05, 3.63) is 46.2 Å². The molecule has 1 aromatic heterocycles. The maximum Gasteiger partial charge on any atom is 0.416 e. The molecule has 0 spiro atoms. The molecule has 0 saturated carbocycles. The van der Waals surface area contributed by atoms with E-state index in [2.05, 4.69) is 0 Å². The van der Waals surface area contributed by atoms with Gasteiger partial charge in [-0.2, -0.15) is 13.2 Å². The van der Waals surface area contributed by atoms with Gasteiger partial charge in [0, 0.05) is 10.6 Å². The van der Waals surface area contributed by atoms with Gasteiger partial charge < -0.3 is 5.73 Å². The largest absolute Gasteiger partial charge is 0.416 e. The van der Waals surface area contributed by atoms with Gasteiger partial charge >= 0.3 is 6.18 Å². The summed E-state index contributed by atoms with van der Waals surface area (Å²) in [5.41, 5.74) is 4.63. The number of nitrogens with two attached hydrogens (primary N) is 1. The van der Waals surface area contributed by atoms with E-state index in [9.17, 15) is 17.4 Å². The van der Waals surface area contributed by atoms with Gasteiger partial charge in [0.1, 0.15) is 0 Å². The first-order chi connectivity index (χ1) is 8.88. The Bertz CT molecular complexity index is 594. The maximum atomic E-state index is 12.5. The molecule has 102 valence electrons. The molecule has 1 unspecified atom stereocenters. The molecular weight excluding hydrogens is 295 g/mol. The number of halogens is 3. The zero-order chi connectivity index (χ0) is 14.0. The van der Waals surface area contributed by atoms with E-state index in [1.165, 1.54) is 17.4 Å². The highest BCUT2D eigenvalue weighted by molar-refractivity contribution is 7.84. The standard InChI is InChI=1S/C12H10F3NOS2/c13-12(14,15)8-3-4-11(10(16)6-8)19(17)7-9-2-1-5-18-9/h1-6H,7,16H2. The average molecular weight is 305 g/mol. The van der Waals surface area contributed by atoms with Crippen LogP contribution in [0.15, 0.2) is 40.6 Å². The van der Waals surface area contributed by atoms with Crippen LogP contribution in [-0.4, -0.2) is 4.21 Å². The highest BCUT2D eigenvalue weighted by Gasteiger charge is 2.31. The predicted molar refractivity (Wildman–Crippen MR) is 70.3 cm³/mol. The van der Waals surface area contributed by atoms with Crippen molar-refractivity contribution in [2.75, 3.05) is 5.73 Å². The van der Waals surface area contributed by atoms with Gasteiger partial charge in [0.25, 0.3) is 0 Å². The molecule has 0 radical (unpaired) electrons. The fraction of sp³-hybridized carbons (Fsp3) is 0.167. The van der Waals surface area contributed by atoms with Crippen molar-refractivity contribution in [3.63, 3.8) is 0 Å². The Labute approximate surface area is 114 Å². The third-order valence-electron chi connectivity index (χ3n) is 2.44. The van der Waals surface area contributed by atoms with Crippen molar-refractivity contribution in [2.45, 2.75) is 16.8 Å². The monoisotopic (exact) mass is 305 g/mol. The lowest BCUT2D eigenvalue weighted by molar-refractivity contribution is -0.137. The first-order valence-electron chi connectivity index (χ1n) is 5.25. The summed E-state index contributed by atoms with van der Waals surface area (Å²) in [6.45, 7) is 0. The normalized spacial score (nSPS) is 13.4. The fourth-order valence-electron chi connectivity index (χ4n) is 1.53. The van der Waals surface area contributed by atoms with E-state index >= 15 is 0 Å². The molecule has 0 aliphatic heterocycles. The molecule has 2 rings (SSSR count). The lowest BCUT2D eigenvalue weighted by atomic mass is 10.2. The molecule has 7 heteroatoms. The summed E-state index contributed by atoms with van der Waals surface area (Å²) in [6.07, 6.45) is -4.44. The Morgan fingerprint density at radius 1 is 1.26 bits per heavy atom. The molecule has 2 nitrogen and oxygen atoms in total. The van der Waals surface area contributed by atoms with Crippen molar-refractivity contribution in [3.8, 4) is 0 Å². The van der Waals surface area contributed by atoms with Crippen LogP contribution in [0.4, 0.5) is 18.9 Å². The van der Waals surface area contributed by atoms with Gasteiger partial charge in [-0.15, -0.1) is 11.3 Å². The van der Waals surface area contributed by atoms with Crippen molar-refractivity contribution in [2.24, 2.45) is 0 Å². The smallest absolute Gasteiger partial charge is 0.398 e. The Kier molecular flexibility index (Phi) is 3.96. The molecule has 2 N–H and O–H groups in total. The Balaban J connectivity index is 2.24. The summed E-state index contributed by atoms with van der Waals surface area (Å²) >= 11 is 1.45. The second kappa shape index (κ2) is 5.34. The molecular formula is C12H10F3NOS2. The van der Waals surface area contributed by atoms with Gasteiger partial charge in [-0.1, -0.05) is 6.07 Å².